The minimum atomic E-state index is -3.87. The number of piperidine rings is 1. The first kappa shape index (κ1) is 24.1. The topological polar surface area (TPSA) is 106 Å². The number of benzene rings is 1. The molecule has 0 unspecified atom stereocenters. The Kier molecular flexibility index (Phi) is 7.83. The molecular formula is C21H31N3O7S. The molecule has 0 aliphatic carbocycles. The second-order valence-corrected chi connectivity index (χ2v) is 9.64. The fraction of sp³-hybridized carbons (Fsp3) is 0.619. The molecule has 0 radical (unpaired) electrons. The van der Waals surface area contributed by atoms with Gasteiger partial charge in [0.15, 0.2) is 0 Å². The smallest absolute Gasteiger partial charge is 0.409 e. The Morgan fingerprint density at radius 1 is 1.03 bits per heavy atom. The van der Waals surface area contributed by atoms with E-state index in [2.05, 4.69) is 0 Å². The second-order valence-electron chi connectivity index (χ2n) is 7.73. The minimum Gasteiger partial charge on any atom is -0.497 e. The molecule has 32 heavy (non-hydrogen) atoms. The zero-order valence-corrected chi connectivity index (χ0v) is 19.6. The van der Waals surface area contributed by atoms with Crippen molar-refractivity contribution in [1.82, 2.24) is 14.1 Å². The van der Waals surface area contributed by atoms with Crippen molar-refractivity contribution >= 4 is 22.0 Å². The van der Waals surface area contributed by atoms with Gasteiger partial charge in [0.25, 0.3) is 0 Å². The number of piperazine rings is 1. The number of methoxy groups -OCH3 is 2. The average Bonchev–Trinajstić information content (AvgIpc) is 2.83. The molecular weight excluding hydrogens is 438 g/mol. The lowest BCUT2D eigenvalue weighted by Crippen LogP contribution is -2.54. The predicted octanol–water partition coefficient (Wildman–Crippen LogP) is 1.41. The molecule has 2 saturated heterocycles. The monoisotopic (exact) mass is 469 g/mol. The van der Waals surface area contributed by atoms with Crippen LogP contribution in [-0.2, 0) is 19.6 Å². The van der Waals surface area contributed by atoms with Gasteiger partial charge in [0.2, 0.25) is 15.9 Å². The normalized spacial score (nSPS) is 20.0. The highest BCUT2D eigenvalue weighted by Gasteiger charge is 2.37. The second kappa shape index (κ2) is 10.4. The van der Waals surface area contributed by atoms with Crippen molar-refractivity contribution in [1.29, 1.82) is 0 Å². The van der Waals surface area contributed by atoms with Crippen LogP contribution in [0.25, 0.3) is 0 Å². The van der Waals surface area contributed by atoms with Gasteiger partial charge in [-0.1, -0.05) is 0 Å². The highest BCUT2D eigenvalue weighted by atomic mass is 32.2. The number of hydrogen-bond acceptors (Lipinski definition) is 7. The third-order valence-electron chi connectivity index (χ3n) is 5.84. The molecule has 0 bridgehead atoms. The van der Waals surface area contributed by atoms with Crippen LogP contribution in [0.3, 0.4) is 0 Å². The fourth-order valence-corrected chi connectivity index (χ4v) is 5.76. The van der Waals surface area contributed by atoms with Gasteiger partial charge in [-0.2, -0.15) is 4.31 Å². The van der Waals surface area contributed by atoms with Gasteiger partial charge in [0, 0.05) is 45.3 Å². The highest BCUT2D eigenvalue weighted by molar-refractivity contribution is 7.89. The van der Waals surface area contributed by atoms with Gasteiger partial charge in [0.05, 0.1) is 26.7 Å². The minimum absolute atomic E-state index is 0.0236. The first-order valence-electron chi connectivity index (χ1n) is 10.7. The molecule has 1 aromatic carbocycles. The van der Waals surface area contributed by atoms with Crippen LogP contribution in [0.1, 0.15) is 19.8 Å². The fourth-order valence-electron chi connectivity index (χ4n) is 4.07. The summed E-state index contributed by atoms with van der Waals surface area (Å²) in [7, 11) is -0.989. The number of amides is 2. The molecule has 0 spiro atoms. The summed E-state index contributed by atoms with van der Waals surface area (Å²) in [5.41, 5.74) is 0. The Morgan fingerprint density at radius 3 is 2.34 bits per heavy atom. The predicted molar refractivity (Wildman–Crippen MR) is 116 cm³/mol. The Hall–Kier alpha value is -2.53. The van der Waals surface area contributed by atoms with E-state index in [1.165, 1.54) is 24.6 Å². The van der Waals surface area contributed by atoms with E-state index >= 15 is 0 Å². The van der Waals surface area contributed by atoms with Gasteiger partial charge in [-0.05, 0) is 31.9 Å². The van der Waals surface area contributed by atoms with Crippen LogP contribution < -0.4 is 9.47 Å². The number of ether oxygens (including phenoxy) is 3. The van der Waals surface area contributed by atoms with Crippen LogP contribution in [0.4, 0.5) is 4.79 Å². The van der Waals surface area contributed by atoms with E-state index in [-0.39, 0.29) is 29.2 Å². The van der Waals surface area contributed by atoms with Crippen molar-refractivity contribution in [2.24, 2.45) is 5.92 Å². The van der Waals surface area contributed by atoms with E-state index in [4.69, 9.17) is 14.2 Å². The summed E-state index contributed by atoms with van der Waals surface area (Å²) < 4.78 is 43.5. The molecule has 3 rings (SSSR count). The molecule has 2 fully saturated rings. The lowest BCUT2D eigenvalue weighted by atomic mass is 9.98. The molecule has 1 atom stereocenters. The molecule has 178 valence electrons. The maximum absolute atomic E-state index is 13.4. The summed E-state index contributed by atoms with van der Waals surface area (Å²) in [5, 5.41) is 0. The van der Waals surface area contributed by atoms with Crippen molar-refractivity contribution in [2.45, 2.75) is 24.7 Å². The number of nitrogens with zero attached hydrogens (tertiary/aromatic N) is 3. The quantitative estimate of drug-likeness (QED) is 0.620. The molecule has 2 aliphatic rings. The summed E-state index contributed by atoms with van der Waals surface area (Å²) in [4.78, 5) is 28.3. The summed E-state index contributed by atoms with van der Waals surface area (Å²) in [6.45, 7) is 4.13. The summed E-state index contributed by atoms with van der Waals surface area (Å²) in [6.07, 6.45) is 0.838. The van der Waals surface area contributed by atoms with E-state index in [1.54, 1.807) is 28.9 Å². The lowest BCUT2D eigenvalue weighted by Gasteiger charge is -2.38. The van der Waals surface area contributed by atoms with Crippen molar-refractivity contribution in [3.8, 4) is 11.5 Å². The first-order valence-corrected chi connectivity index (χ1v) is 12.2. The van der Waals surface area contributed by atoms with Gasteiger partial charge >= 0.3 is 6.09 Å². The van der Waals surface area contributed by atoms with Crippen molar-refractivity contribution in [3.63, 3.8) is 0 Å². The van der Waals surface area contributed by atoms with Gasteiger partial charge < -0.3 is 24.0 Å². The zero-order valence-electron chi connectivity index (χ0n) is 18.8. The SMILES string of the molecule is CCOC(=O)N1CCN(C(=O)[C@@H]2CCCN(S(=O)(=O)c3cc(OC)ccc3OC)C2)CC1. The highest BCUT2D eigenvalue weighted by Crippen LogP contribution is 2.33. The van der Waals surface area contributed by atoms with Crippen molar-refractivity contribution in [3.05, 3.63) is 18.2 Å². The Balaban J connectivity index is 1.69. The van der Waals surface area contributed by atoms with Gasteiger partial charge in [-0.15, -0.1) is 0 Å². The lowest BCUT2D eigenvalue weighted by molar-refractivity contribution is -0.138. The van der Waals surface area contributed by atoms with Crippen LogP contribution in [0.5, 0.6) is 11.5 Å². The Bertz CT molecular complexity index is 929. The van der Waals surface area contributed by atoms with Crippen molar-refractivity contribution < 1.29 is 32.2 Å². The molecule has 10 nitrogen and oxygen atoms in total. The third kappa shape index (κ3) is 5.09. The van der Waals surface area contributed by atoms with Gasteiger partial charge in [-0.3, -0.25) is 4.79 Å². The largest absolute Gasteiger partial charge is 0.497 e. The van der Waals surface area contributed by atoms with E-state index in [0.717, 1.165) is 0 Å². The number of rotatable bonds is 6. The Labute approximate surface area is 189 Å². The number of hydrogen-bond donors (Lipinski definition) is 0. The van der Waals surface area contributed by atoms with Crippen LogP contribution in [0, 0.1) is 5.92 Å². The summed E-state index contributed by atoms with van der Waals surface area (Å²) in [5.74, 6) is 0.137. The van der Waals surface area contributed by atoms with Gasteiger partial charge in [-0.25, -0.2) is 13.2 Å². The van der Waals surface area contributed by atoms with E-state index < -0.39 is 15.9 Å². The molecule has 2 amide bonds. The molecule has 0 aromatic heterocycles. The zero-order chi connectivity index (χ0) is 23.3. The first-order chi connectivity index (χ1) is 15.3. The van der Waals surface area contributed by atoms with E-state index in [1.807, 2.05) is 0 Å². The summed E-state index contributed by atoms with van der Waals surface area (Å²) >= 11 is 0. The van der Waals surface area contributed by atoms with Crippen LogP contribution >= 0.6 is 0 Å². The molecule has 0 saturated carbocycles. The standard InChI is InChI=1S/C21H31N3O7S/c1-4-31-21(26)23-12-10-22(11-13-23)20(25)16-6-5-9-24(15-16)32(27,28)19-14-17(29-2)7-8-18(19)30-3/h7-8,14,16H,4-6,9-13,15H2,1-3H3/t16-/m1/s1. The van der Waals surface area contributed by atoms with Crippen LogP contribution in [0.15, 0.2) is 23.1 Å². The van der Waals surface area contributed by atoms with E-state index in [0.29, 0.717) is 57.9 Å². The molecule has 2 aliphatic heterocycles. The molecule has 2 heterocycles. The molecule has 1 aromatic rings. The Morgan fingerprint density at radius 2 is 1.72 bits per heavy atom. The average molecular weight is 470 g/mol. The molecule has 0 N–H and O–H groups in total. The van der Waals surface area contributed by atoms with Crippen LogP contribution in [-0.4, -0.2) is 94.6 Å². The maximum atomic E-state index is 13.4. The maximum Gasteiger partial charge on any atom is 0.409 e. The number of carbonyl (C=O) groups is 2. The number of carbonyl (C=O) groups excluding carboxylic acids is 2. The van der Waals surface area contributed by atoms with Gasteiger partial charge in [0.1, 0.15) is 16.4 Å². The molecule has 11 heteroatoms. The summed E-state index contributed by atoms with van der Waals surface area (Å²) in [6, 6.07) is 4.63. The van der Waals surface area contributed by atoms with Crippen molar-refractivity contribution in [2.75, 3.05) is 60.1 Å². The van der Waals surface area contributed by atoms with Crippen LogP contribution in [0.2, 0.25) is 0 Å². The number of sulfonamides is 1. The third-order valence-corrected chi connectivity index (χ3v) is 7.73. The van der Waals surface area contributed by atoms with E-state index in [9.17, 15) is 18.0 Å².